The Labute approximate surface area is 95.5 Å². The molecule has 0 aromatic carbocycles. The molecule has 1 saturated heterocycles. The molecule has 0 bridgehead atoms. The van der Waals surface area contributed by atoms with Gasteiger partial charge in [0.2, 0.25) is 0 Å². The maximum atomic E-state index is 13.0. The molecule has 15 heavy (non-hydrogen) atoms. The Morgan fingerprint density at radius 2 is 2.13 bits per heavy atom. The summed E-state index contributed by atoms with van der Waals surface area (Å²) in [6.45, 7) is 4.65. The number of nitrogens with one attached hydrogen (secondary N) is 1. The summed E-state index contributed by atoms with van der Waals surface area (Å²) >= 11 is 0. The average molecular weight is 241 g/mol. The number of hydroxylamine groups is 2. The van der Waals surface area contributed by atoms with Crippen molar-refractivity contribution in [2.45, 2.75) is 25.9 Å². The smallest absolute Gasteiger partial charge is 0.359 e. The van der Waals surface area contributed by atoms with E-state index in [0.717, 1.165) is 13.1 Å². The van der Waals surface area contributed by atoms with Crippen molar-refractivity contribution in [1.82, 2.24) is 10.4 Å². The lowest BCUT2D eigenvalue weighted by molar-refractivity contribution is -0.198. The Hall–Kier alpha value is -0.390. The van der Waals surface area contributed by atoms with Crippen LogP contribution < -0.4 is 5.32 Å². The standard InChI is InChI=1S/C9H17FN2O2.ClH/c1-2-3-8(10)9(13)14-12-6-4-11-5-7-12;/h8,11H,2-7H2,1H3;1H. The van der Waals surface area contributed by atoms with Crippen LogP contribution in [-0.2, 0) is 9.63 Å². The van der Waals surface area contributed by atoms with E-state index in [0.29, 0.717) is 19.5 Å². The highest BCUT2D eigenvalue weighted by Crippen LogP contribution is 2.05. The fraction of sp³-hybridized carbons (Fsp3) is 0.889. The van der Waals surface area contributed by atoms with Crippen molar-refractivity contribution in [2.75, 3.05) is 26.2 Å². The first-order chi connectivity index (χ1) is 6.74. The lowest BCUT2D eigenvalue weighted by Gasteiger charge is -2.26. The first kappa shape index (κ1) is 14.6. The van der Waals surface area contributed by atoms with Gasteiger partial charge >= 0.3 is 5.97 Å². The second-order valence-corrected chi connectivity index (χ2v) is 3.35. The Balaban J connectivity index is 0.00000196. The van der Waals surface area contributed by atoms with Gasteiger partial charge in [-0.2, -0.15) is 0 Å². The summed E-state index contributed by atoms with van der Waals surface area (Å²) in [4.78, 5) is 16.0. The van der Waals surface area contributed by atoms with E-state index >= 15 is 0 Å². The molecule has 0 aromatic heterocycles. The van der Waals surface area contributed by atoms with Gasteiger partial charge in [0.1, 0.15) is 0 Å². The predicted molar refractivity (Wildman–Crippen MR) is 57.6 cm³/mol. The monoisotopic (exact) mass is 240 g/mol. The average Bonchev–Trinajstić information content (AvgIpc) is 2.19. The number of halogens is 2. The Morgan fingerprint density at radius 1 is 1.53 bits per heavy atom. The molecule has 0 spiro atoms. The summed E-state index contributed by atoms with van der Waals surface area (Å²) in [5.74, 6) is -0.756. The number of hydrogen-bond acceptors (Lipinski definition) is 4. The zero-order chi connectivity index (χ0) is 10.4. The van der Waals surface area contributed by atoms with E-state index < -0.39 is 12.1 Å². The minimum Gasteiger partial charge on any atom is -0.365 e. The second kappa shape index (κ2) is 7.84. The number of carbonyl (C=O) groups is 1. The molecule has 1 unspecified atom stereocenters. The Morgan fingerprint density at radius 3 is 2.67 bits per heavy atom. The maximum absolute atomic E-state index is 13.0. The normalized spacial score (nSPS) is 19.1. The van der Waals surface area contributed by atoms with Crippen molar-refractivity contribution in [1.29, 1.82) is 0 Å². The van der Waals surface area contributed by atoms with Crippen LogP contribution in [0.2, 0.25) is 0 Å². The van der Waals surface area contributed by atoms with Crippen LogP contribution >= 0.6 is 12.4 Å². The molecule has 4 nitrogen and oxygen atoms in total. The van der Waals surface area contributed by atoms with Gasteiger partial charge in [0.25, 0.3) is 0 Å². The Kier molecular flexibility index (Phi) is 7.64. The second-order valence-electron chi connectivity index (χ2n) is 3.35. The first-order valence-electron chi connectivity index (χ1n) is 5.05. The van der Waals surface area contributed by atoms with E-state index in [-0.39, 0.29) is 18.8 Å². The number of carbonyl (C=O) groups excluding carboxylic acids is 1. The van der Waals surface area contributed by atoms with Crippen LogP contribution in [0, 0.1) is 0 Å². The molecule has 0 aromatic rings. The molecule has 1 heterocycles. The third-order valence-electron chi connectivity index (χ3n) is 2.09. The molecular formula is C9H18ClFN2O2. The highest BCUT2D eigenvalue weighted by molar-refractivity contribution is 5.85. The van der Waals surface area contributed by atoms with Gasteiger partial charge < -0.3 is 10.2 Å². The molecule has 1 rings (SSSR count). The molecule has 1 aliphatic heterocycles. The van der Waals surface area contributed by atoms with Gasteiger partial charge in [0.05, 0.1) is 0 Å². The molecule has 1 atom stereocenters. The van der Waals surface area contributed by atoms with Crippen LogP contribution in [0.25, 0.3) is 0 Å². The SMILES string of the molecule is CCCC(F)C(=O)ON1CCNCC1.Cl. The van der Waals surface area contributed by atoms with Gasteiger partial charge in [-0.05, 0) is 6.42 Å². The van der Waals surface area contributed by atoms with Crippen molar-refractivity contribution in [3.8, 4) is 0 Å². The van der Waals surface area contributed by atoms with Crippen LogP contribution in [0.3, 0.4) is 0 Å². The van der Waals surface area contributed by atoms with Crippen molar-refractivity contribution >= 4 is 18.4 Å². The topological polar surface area (TPSA) is 41.6 Å². The quantitative estimate of drug-likeness (QED) is 0.793. The predicted octanol–water partition coefficient (Wildman–Crippen LogP) is 0.910. The van der Waals surface area contributed by atoms with Crippen LogP contribution in [0.15, 0.2) is 0 Å². The molecule has 1 N–H and O–H groups in total. The van der Waals surface area contributed by atoms with Gasteiger partial charge in [-0.1, -0.05) is 13.3 Å². The molecule has 90 valence electrons. The zero-order valence-electron chi connectivity index (χ0n) is 8.87. The summed E-state index contributed by atoms with van der Waals surface area (Å²) in [5, 5.41) is 4.63. The number of alkyl halides is 1. The van der Waals surface area contributed by atoms with E-state index in [1.54, 1.807) is 0 Å². The number of rotatable bonds is 4. The summed E-state index contributed by atoms with van der Waals surface area (Å²) in [6.07, 6.45) is -0.585. The maximum Gasteiger partial charge on any atom is 0.359 e. The summed E-state index contributed by atoms with van der Waals surface area (Å²) in [5.41, 5.74) is 0. The van der Waals surface area contributed by atoms with Gasteiger partial charge in [0.15, 0.2) is 6.17 Å². The molecule has 1 aliphatic rings. The fourth-order valence-electron chi connectivity index (χ4n) is 1.29. The number of hydrogen-bond donors (Lipinski definition) is 1. The lowest BCUT2D eigenvalue weighted by atomic mass is 10.2. The van der Waals surface area contributed by atoms with E-state index in [4.69, 9.17) is 4.84 Å². The number of nitrogens with zero attached hydrogens (tertiary/aromatic N) is 1. The van der Waals surface area contributed by atoms with Crippen molar-refractivity contribution in [3.63, 3.8) is 0 Å². The van der Waals surface area contributed by atoms with E-state index in [1.165, 1.54) is 5.06 Å². The molecular weight excluding hydrogens is 223 g/mol. The van der Waals surface area contributed by atoms with Crippen molar-refractivity contribution in [3.05, 3.63) is 0 Å². The highest BCUT2D eigenvalue weighted by Gasteiger charge is 2.22. The van der Waals surface area contributed by atoms with E-state index in [9.17, 15) is 9.18 Å². The van der Waals surface area contributed by atoms with E-state index in [2.05, 4.69) is 5.32 Å². The number of piperazine rings is 1. The van der Waals surface area contributed by atoms with Crippen molar-refractivity contribution in [2.24, 2.45) is 0 Å². The van der Waals surface area contributed by atoms with Crippen LogP contribution in [0.1, 0.15) is 19.8 Å². The molecule has 0 saturated carbocycles. The van der Waals surface area contributed by atoms with E-state index in [1.807, 2.05) is 6.92 Å². The molecule has 6 heteroatoms. The highest BCUT2D eigenvalue weighted by atomic mass is 35.5. The molecule has 0 amide bonds. The fourth-order valence-corrected chi connectivity index (χ4v) is 1.29. The Bertz CT molecular complexity index is 189. The van der Waals surface area contributed by atoms with Gasteiger partial charge in [-0.15, -0.1) is 17.5 Å². The zero-order valence-corrected chi connectivity index (χ0v) is 9.69. The van der Waals surface area contributed by atoms with Gasteiger partial charge in [-0.3, -0.25) is 0 Å². The third kappa shape index (κ3) is 5.30. The van der Waals surface area contributed by atoms with Gasteiger partial charge in [0, 0.05) is 26.2 Å². The summed E-state index contributed by atoms with van der Waals surface area (Å²) in [7, 11) is 0. The minimum atomic E-state index is -1.48. The van der Waals surface area contributed by atoms with Crippen LogP contribution in [-0.4, -0.2) is 43.4 Å². The summed E-state index contributed by atoms with van der Waals surface area (Å²) < 4.78 is 13.0. The lowest BCUT2D eigenvalue weighted by Crippen LogP contribution is -2.45. The minimum absolute atomic E-state index is 0. The van der Waals surface area contributed by atoms with Gasteiger partial charge in [-0.25, -0.2) is 9.18 Å². The first-order valence-corrected chi connectivity index (χ1v) is 5.05. The molecule has 0 radical (unpaired) electrons. The molecule has 1 fully saturated rings. The largest absolute Gasteiger partial charge is 0.365 e. The third-order valence-corrected chi connectivity index (χ3v) is 2.09. The van der Waals surface area contributed by atoms with Crippen molar-refractivity contribution < 1.29 is 14.0 Å². The van der Waals surface area contributed by atoms with Crippen LogP contribution in [0.5, 0.6) is 0 Å². The molecule has 0 aliphatic carbocycles. The van der Waals surface area contributed by atoms with Crippen LogP contribution in [0.4, 0.5) is 4.39 Å². The summed E-state index contributed by atoms with van der Waals surface area (Å²) in [6, 6.07) is 0.